The average molecular weight is 423 g/mol. The minimum atomic E-state index is -3.27. The molecule has 0 aliphatic carbocycles. The van der Waals surface area contributed by atoms with Crippen LogP contribution in [-0.4, -0.2) is 64.2 Å². The van der Waals surface area contributed by atoms with Crippen LogP contribution in [0, 0.1) is 5.82 Å². The summed E-state index contributed by atoms with van der Waals surface area (Å²) in [6, 6.07) is 12.8. The molecule has 29 heavy (non-hydrogen) atoms. The minimum Gasteiger partial charge on any atom is -0.494 e. The van der Waals surface area contributed by atoms with Gasteiger partial charge in [0.15, 0.2) is 9.84 Å². The Labute approximate surface area is 171 Å². The number of ether oxygens (including phenoxy) is 1. The summed E-state index contributed by atoms with van der Waals surface area (Å²) in [5, 5.41) is 0. The van der Waals surface area contributed by atoms with Gasteiger partial charge in [-0.1, -0.05) is 24.3 Å². The third-order valence-corrected chi connectivity index (χ3v) is 5.49. The standard InChI is InChI=1S/C21H27FN2O4S/c1-23(16-21(25)24(2)15-17-8-4-5-11-20(17)22)12-7-13-28-18-9-6-10-19(14-18)29(3,26)27/h4-6,8-11,14H,7,12-13,15-16H2,1-3H3. The lowest BCUT2D eigenvalue weighted by Crippen LogP contribution is -2.37. The lowest BCUT2D eigenvalue weighted by molar-refractivity contribution is -0.131. The number of rotatable bonds is 10. The first-order valence-electron chi connectivity index (χ1n) is 9.25. The van der Waals surface area contributed by atoms with Crippen LogP contribution in [0.15, 0.2) is 53.4 Å². The smallest absolute Gasteiger partial charge is 0.236 e. The van der Waals surface area contributed by atoms with Gasteiger partial charge in [-0.2, -0.15) is 0 Å². The van der Waals surface area contributed by atoms with E-state index >= 15 is 0 Å². The van der Waals surface area contributed by atoms with Gasteiger partial charge < -0.3 is 9.64 Å². The zero-order chi connectivity index (χ0) is 21.4. The summed E-state index contributed by atoms with van der Waals surface area (Å²) in [7, 11) is 0.215. The van der Waals surface area contributed by atoms with Crippen molar-refractivity contribution in [2.45, 2.75) is 17.9 Å². The van der Waals surface area contributed by atoms with E-state index in [1.54, 1.807) is 37.4 Å². The quantitative estimate of drug-likeness (QED) is 0.551. The number of benzene rings is 2. The molecule has 0 radical (unpaired) electrons. The van der Waals surface area contributed by atoms with Gasteiger partial charge in [0.2, 0.25) is 5.91 Å². The molecule has 0 atom stereocenters. The SMILES string of the molecule is CN(CCCOc1cccc(S(C)(=O)=O)c1)CC(=O)N(C)Cc1ccccc1F. The van der Waals surface area contributed by atoms with Gasteiger partial charge >= 0.3 is 0 Å². The molecule has 0 aliphatic heterocycles. The van der Waals surface area contributed by atoms with Crippen LogP contribution in [0.2, 0.25) is 0 Å². The van der Waals surface area contributed by atoms with Crippen LogP contribution in [0.3, 0.4) is 0 Å². The van der Waals surface area contributed by atoms with Crippen molar-refractivity contribution in [1.82, 2.24) is 9.80 Å². The number of nitrogens with zero attached hydrogens (tertiary/aromatic N) is 2. The zero-order valence-corrected chi connectivity index (χ0v) is 17.8. The highest BCUT2D eigenvalue weighted by Crippen LogP contribution is 2.17. The number of carbonyl (C=O) groups is 1. The number of hydrogen-bond acceptors (Lipinski definition) is 5. The molecule has 2 aromatic carbocycles. The van der Waals surface area contributed by atoms with Gasteiger partial charge in [-0.25, -0.2) is 12.8 Å². The molecule has 8 heteroatoms. The molecule has 6 nitrogen and oxygen atoms in total. The largest absolute Gasteiger partial charge is 0.494 e. The second-order valence-corrected chi connectivity index (χ2v) is 9.04. The van der Waals surface area contributed by atoms with Gasteiger partial charge in [0.25, 0.3) is 0 Å². The number of hydrogen-bond donors (Lipinski definition) is 0. The molecule has 0 saturated heterocycles. The highest BCUT2D eigenvalue weighted by Gasteiger charge is 2.14. The molecule has 0 saturated carbocycles. The zero-order valence-electron chi connectivity index (χ0n) is 17.0. The Morgan fingerprint density at radius 3 is 2.52 bits per heavy atom. The van der Waals surface area contributed by atoms with Gasteiger partial charge in [0, 0.05) is 32.0 Å². The van der Waals surface area contributed by atoms with Gasteiger partial charge in [-0.05, 0) is 37.7 Å². The summed E-state index contributed by atoms with van der Waals surface area (Å²) in [6.07, 6.45) is 1.82. The maximum atomic E-state index is 13.7. The first-order valence-corrected chi connectivity index (χ1v) is 11.1. The van der Waals surface area contributed by atoms with Crippen LogP contribution >= 0.6 is 0 Å². The fourth-order valence-corrected chi connectivity index (χ4v) is 3.38. The molecular weight excluding hydrogens is 395 g/mol. The van der Waals surface area contributed by atoms with Crippen molar-refractivity contribution in [2.75, 3.05) is 40.0 Å². The van der Waals surface area contributed by atoms with Crippen molar-refractivity contribution >= 4 is 15.7 Å². The fraction of sp³-hybridized carbons (Fsp3) is 0.381. The summed E-state index contributed by atoms with van der Waals surface area (Å²) >= 11 is 0. The molecule has 0 aromatic heterocycles. The second-order valence-electron chi connectivity index (χ2n) is 7.03. The van der Waals surface area contributed by atoms with E-state index in [0.717, 1.165) is 6.26 Å². The van der Waals surface area contributed by atoms with Crippen LogP contribution in [-0.2, 0) is 21.2 Å². The molecule has 0 unspecified atom stereocenters. The number of likely N-dealkylation sites (N-methyl/N-ethyl adjacent to an activating group) is 2. The first kappa shape index (κ1) is 22.8. The normalized spacial score (nSPS) is 11.5. The van der Waals surface area contributed by atoms with Crippen LogP contribution < -0.4 is 4.74 Å². The monoisotopic (exact) mass is 422 g/mol. The predicted octanol–water partition coefficient (Wildman–Crippen LogP) is 2.59. The Kier molecular flexibility index (Phi) is 8.16. The van der Waals surface area contributed by atoms with E-state index in [1.807, 2.05) is 11.9 Å². The van der Waals surface area contributed by atoms with Gasteiger partial charge in [-0.3, -0.25) is 9.69 Å². The van der Waals surface area contributed by atoms with Gasteiger partial charge in [0.1, 0.15) is 11.6 Å². The van der Waals surface area contributed by atoms with E-state index in [2.05, 4.69) is 0 Å². The van der Waals surface area contributed by atoms with E-state index in [-0.39, 0.29) is 29.7 Å². The molecule has 0 N–H and O–H groups in total. The van der Waals surface area contributed by atoms with Crippen molar-refractivity contribution in [3.63, 3.8) is 0 Å². The number of carbonyl (C=O) groups excluding carboxylic acids is 1. The van der Waals surface area contributed by atoms with Crippen molar-refractivity contribution in [2.24, 2.45) is 0 Å². The average Bonchev–Trinajstić information content (AvgIpc) is 2.66. The molecule has 0 heterocycles. The summed E-state index contributed by atoms with van der Waals surface area (Å²) in [4.78, 5) is 15.9. The minimum absolute atomic E-state index is 0.0995. The van der Waals surface area contributed by atoms with E-state index in [0.29, 0.717) is 30.9 Å². The fourth-order valence-electron chi connectivity index (χ4n) is 2.72. The van der Waals surface area contributed by atoms with Crippen LogP contribution in [0.5, 0.6) is 5.75 Å². The highest BCUT2D eigenvalue weighted by atomic mass is 32.2. The topological polar surface area (TPSA) is 66.9 Å². The number of halogens is 1. The number of sulfone groups is 1. The summed E-state index contributed by atoms with van der Waals surface area (Å²) in [5.74, 6) is 0.0754. The van der Waals surface area contributed by atoms with Gasteiger partial charge in [-0.15, -0.1) is 0 Å². The Balaban J connectivity index is 1.73. The van der Waals surface area contributed by atoms with E-state index in [4.69, 9.17) is 4.74 Å². The van der Waals surface area contributed by atoms with E-state index in [1.165, 1.54) is 23.1 Å². The molecule has 0 bridgehead atoms. The molecule has 1 amide bonds. The molecule has 0 spiro atoms. The van der Waals surface area contributed by atoms with Crippen molar-refractivity contribution in [3.05, 3.63) is 59.9 Å². The second kappa shape index (κ2) is 10.4. The Hall–Kier alpha value is -2.45. The summed E-state index contributed by atoms with van der Waals surface area (Å²) in [5.41, 5.74) is 0.482. The van der Waals surface area contributed by atoms with Crippen molar-refractivity contribution in [1.29, 1.82) is 0 Å². The summed E-state index contributed by atoms with van der Waals surface area (Å²) < 4.78 is 42.5. The molecular formula is C21H27FN2O4S. The third kappa shape index (κ3) is 7.47. The Bertz CT molecular complexity index is 934. The molecule has 0 aliphatic rings. The maximum Gasteiger partial charge on any atom is 0.236 e. The van der Waals surface area contributed by atoms with E-state index < -0.39 is 9.84 Å². The van der Waals surface area contributed by atoms with Crippen molar-refractivity contribution in [3.8, 4) is 5.75 Å². The van der Waals surface area contributed by atoms with Crippen molar-refractivity contribution < 1.29 is 22.3 Å². The molecule has 0 fully saturated rings. The number of amides is 1. The van der Waals surface area contributed by atoms with Gasteiger partial charge in [0.05, 0.1) is 18.0 Å². The first-order chi connectivity index (χ1) is 13.7. The van der Waals surface area contributed by atoms with Crippen LogP contribution in [0.4, 0.5) is 4.39 Å². The lowest BCUT2D eigenvalue weighted by Gasteiger charge is -2.22. The maximum absolute atomic E-state index is 13.7. The van der Waals surface area contributed by atoms with Crippen LogP contribution in [0.25, 0.3) is 0 Å². The van der Waals surface area contributed by atoms with Crippen LogP contribution in [0.1, 0.15) is 12.0 Å². The Morgan fingerprint density at radius 1 is 1.10 bits per heavy atom. The Morgan fingerprint density at radius 2 is 1.83 bits per heavy atom. The third-order valence-electron chi connectivity index (χ3n) is 4.38. The molecule has 2 rings (SSSR count). The van der Waals surface area contributed by atoms with E-state index in [9.17, 15) is 17.6 Å². The molecule has 2 aromatic rings. The summed E-state index contributed by atoms with van der Waals surface area (Å²) in [6.45, 7) is 1.47. The lowest BCUT2D eigenvalue weighted by atomic mass is 10.2. The predicted molar refractivity (Wildman–Crippen MR) is 110 cm³/mol. The molecule has 158 valence electrons. The highest BCUT2D eigenvalue weighted by molar-refractivity contribution is 7.90.